The second-order valence-corrected chi connectivity index (χ2v) is 5.52. The first-order valence-electron chi connectivity index (χ1n) is 7.39. The first-order valence-corrected chi connectivity index (χ1v) is 7.39. The Hall–Kier alpha value is -2.37. The van der Waals surface area contributed by atoms with Gasteiger partial charge in [0.05, 0.1) is 11.4 Å². The van der Waals surface area contributed by atoms with Gasteiger partial charge in [-0.15, -0.1) is 0 Å². The van der Waals surface area contributed by atoms with Crippen LogP contribution in [-0.2, 0) is 6.42 Å². The number of aromatic nitrogens is 2. The third kappa shape index (κ3) is 4.87. The molecule has 6 heteroatoms. The van der Waals surface area contributed by atoms with E-state index in [1.54, 1.807) is 16.8 Å². The molecule has 1 heterocycles. The van der Waals surface area contributed by atoms with E-state index in [1.165, 1.54) is 12.1 Å². The topological polar surface area (TPSA) is 68.2 Å². The van der Waals surface area contributed by atoms with Crippen molar-refractivity contribution in [1.82, 2.24) is 15.1 Å². The normalized spacial score (nSPS) is 11.9. The number of aliphatic imine (C=N–C) groups is 1. The lowest BCUT2D eigenvalue weighted by atomic mass is 10.2. The molecule has 118 valence electrons. The molecule has 0 aliphatic rings. The number of nitrogens with one attached hydrogen (secondary N) is 1. The van der Waals surface area contributed by atoms with Crippen molar-refractivity contribution in [3.05, 3.63) is 48.0 Å². The van der Waals surface area contributed by atoms with Gasteiger partial charge in [0.15, 0.2) is 5.96 Å². The predicted molar refractivity (Wildman–Crippen MR) is 86.6 cm³/mol. The molecule has 3 N–H and O–H groups in total. The second-order valence-electron chi connectivity index (χ2n) is 5.52. The van der Waals surface area contributed by atoms with Gasteiger partial charge in [-0.25, -0.2) is 9.07 Å². The monoisotopic (exact) mass is 303 g/mol. The van der Waals surface area contributed by atoms with Crippen LogP contribution in [0.4, 0.5) is 4.39 Å². The highest BCUT2D eigenvalue weighted by atomic mass is 19.1. The van der Waals surface area contributed by atoms with Gasteiger partial charge in [0.2, 0.25) is 0 Å². The largest absolute Gasteiger partial charge is 0.370 e. The van der Waals surface area contributed by atoms with E-state index in [-0.39, 0.29) is 5.82 Å². The van der Waals surface area contributed by atoms with Gasteiger partial charge >= 0.3 is 0 Å². The van der Waals surface area contributed by atoms with Crippen molar-refractivity contribution < 1.29 is 4.39 Å². The maximum atomic E-state index is 12.9. The third-order valence-electron chi connectivity index (χ3n) is 3.05. The molecular formula is C16H22FN5. The van der Waals surface area contributed by atoms with Crippen molar-refractivity contribution >= 4 is 5.96 Å². The van der Waals surface area contributed by atoms with E-state index in [0.29, 0.717) is 18.4 Å². The van der Waals surface area contributed by atoms with Gasteiger partial charge in [-0.1, -0.05) is 13.8 Å². The molecule has 0 radical (unpaired) electrons. The van der Waals surface area contributed by atoms with Gasteiger partial charge in [0.1, 0.15) is 5.82 Å². The number of hydrogen-bond donors (Lipinski definition) is 2. The van der Waals surface area contributed by atoms with Crippen molar-refractivity contribution in [1.29, 1.82) is 0 Å². The zero-order chi connectivity index (χ0) is 15.9. The molecule has 0 unspecified atom stereocenters. The molecule has 1 aromatic carbocycles. The van der Waals surface area contributed by atoms with Crippen molar-refractivity contribution in [3.8, 4) is 5.69 Å². The van der Waals surface area contributed by atoms with Crippen molar-refractivity contribution in [2.24, 2.45) is 16.6 Å². The summed E-state index contributed by atoms with van der Waals surface area (Å²) in [6.45, 7) is 5.59. The SMILES string of the molecule is CC(C)CN=C(N)NCCc1ccn(-c2ccc(F)cc2)n1. The highest BCUT2D eigenvalue weighted by molar-refractivity contribution is 5.77. The Bertz CT molecular complexity index is 616. The van der Waals surface area contributed by atoms with Crippen LogP contribution in [0.15, 0.2) is 41.5 Å². The summed E-state index contributed by atoms with van der Waals surface area (Å²) < 4.78 is 14.6. The summed E-state index contributed by atoms with van der Waals surface area (Å²) in [5, 5.41) is 7.53. The van der Waals surface area contributed by atoms with E-state index in [1.807, 2.05) is 12.3 Å². The fourth-order valence-corrected chi connectivity index (χ4v) is 1.89. The maximum Gasteiger partial charge on any atom is 0.188 e. The Morgan fingerprint density at radius 2 is 2.05 bits per heavy atom. The molecular weight excluding hydrogens is 281 g/mol. The molecule has 22 heavy (non-hydrogen) atoms. The minimum Gasteiger partial charge on any atom is -0.370 e. The van der Waals surface area contributed by atoms with Crippen LogP contribution in [0.5, 0.6) is 0 Å². The van der Waals surface area contributed by atoms with E-state index in [9.17, 15) is 4.39 Å². The van der Waals surface area contributed by atoms with Gasteiger partial charge in [0, 0.05) is 25.7 Å². The Balaban J connectivity index is 1.85. The van der Waals surface area contributed by atoms with Crippen molar-refractivity contribution in [2.75, 3.05) is 13.1 Å². The highest BCUT2D eigenvalue weighted by Gasteiger charge is 2.02. The van der Waals surface area contributed by atoms with Crippen LogP contribution >= 0.6 is 0 Å². The number of halogens is 1. The van der Waals surface area contributed by atoms with Gasteiger partial charge in [0.25, 0.3) is 0 Å². The number of rotatable bonds is 6. The molecule has 0 spiro atoms. The van der Waals surface area contributed by atoms with E-state index in [0.717, 1.165) is 24.3 Å². The predicted octanol–water partition coefficient (Wildman–Crippen LogP) is 2.11. The van der Waals surface area contributed by atoms with E-state index < -0.39 is 0 Å². The molecule has 0 fully saturated rings. The minimum atomic E-state index is -0.253. The van der Waals surface area contributed by atoms with Gasteiger partial charge in [-0.2, -0.15) is 5.10 Å². The number of nitrogens with zero attached hydrogens (tertiary/aromatic N) is 3. The fraction of sp³-hybridized carbons (Fsp3) is 0.375. The molecule has 0 aliphatic heterocycles. The summed E-state index contributed by atoms with van der Waals surface area (Å²) in [7, 11) is 0. The zero-order valence-electron chi connectivity index (χ0n) is 13.0. The Morgan fingerprint density at radius 3 is 2.73 bits per heavy atom. The molecule has 0 amide bonds. The van der Waals surface area contributed by atoms with Crippen LogP contribution < -0.4 is 11.1 Å². The van der Waals surface area contributed by atoms with Crippen LogP contribution in [0, 0.1) is 11.7 Å². The van der Waals surface area contributed by atoms with E-state index >= 15 is 0 Å². The Morgan fingerprint density at radius 1 is 1.32 bits per heavy atom. The van der Waals surface area contributed by atoms with Crippen molar-refractivity contribution in [3.63, 3.8) is 0 Å². The molecule has 2 rings (SSSR count). The smallest absolute Gasteiger partial charge is 0.188 e. The van der Waals surface area contributed by atoms with E-state index in [2.05, 4.69) is 29.3 Å². The molecule has 0 atom stereocenters. The first-order chi connectivity index (χ1) is 10.5. The number of guanidine groups is 1. The minimum absolute atomic E-state index is 0.253. The zero-order valence-corrected chi connectivity index (χ0v) is 13.0. The maximum absolute atomic E-state index is 12.9. The summed E-state index contributed by atoms with van der Waals surface area (Å²) in [6.07, 6.45) is 2.60. The number of hydrogen-bond acceptors (Lipinski definition) is 2. The van der Waals surface area contributed by atoms with Gasteiger partial charge in [-0.05, 0) is 36.2 Å². The fourth-order valence-electron chi connectivity index (χ4n) is 1.89. The van der Waals surface area contributed by atoms with Gasteiger partial charge in [-0.3, -0.25) is 4.99 Å². The van der Waals surface area contributed by atoms with Crippen LogP contribution in [0.2, 0.25) is 0 Å². The average Bonchev–Trinajstić information content (AvgIpc) is 2.95. The van der Waals surface area contributed by atoms with Crippen LogP contribution in [0.1, 0.15) is 19.5 Å². The summed E-state index contributed by atoms with van der Waals surface area (Å²) >= 11 is 0. The van der Waals surface area contributed by atoms with Crippen LogP contribution in [0.25, 0.3) is 5.69 Å². The Kier molecular flexibility index (Phi) is 5.52. The van der Waals surface area contributed by atoms with Gasteiger partial charge < -0.3 is 11.1 Å². The second kappa shape index (κ2) is 7.59. The molecule has 5 nitrogen and oxygen atoms in total. The summed E-state index contributed by atoms with van der Waals surface area (Å²) in [5.74, 6) is 0.704. The standard InChI is InChI=1S/C16H22FN5/c1-12(2)11-20-16(18)19-9-7-14-8-10-22(21-14)15-5-3-13(17)4-6-15/h3-6,8,10,12H,7,9,11H2,1-2H3,(H3,18,19,20). The number of nitrogens with two attached hydrogens (primary N) is 1. The van der Waals surface area contributed by atoms with E-state index in [4.69, 9.17) is 5.73 Å². The quantitative estimate of drug-likeness (QED) is 0.634. The third-order valence-corrected chi connectivity index (χ3v) is 3.05. The summed E-state index contributed by atoms with van der Waals surface area (Å²) in [5.41, 5.74) is 7.54. The van der Waals surface area contributed by atoms with Crippen molar-refractivity contribution in [2.45, 2.75) is 20.3 Å². The lowest BCUT2D eigenvalue weighted by molar-refractivity contribution is 0.627. The first kappa shape index (κ1) is 16.0. The average molecular weight is 303 g/mol. The molecule has 0 bridgehead atoms. The molecule has 0 saturated heterocycles. The molecule has 1 aromatic heterocycles. The molecule has 0 saturated carbocycles. The summed E-state index contributed by atoms with van der Waals surface area (Å²) in [4.78, 5) is 4.24. The molecule has 0 aliphatic carbocycles. The molecule has 2 aromatic rings. The Labute approximate surface area is 130 Å². The highest BCUT2D eigenvalue weighted by Crippen LogP contribution is 2.09. The van der Waals surface area contributed by atoms with Crippen LogP contribution in [0.3, 0.4) is 0 Å². The number of benzene rings is 1. The lowest BCUT2D eigenvalue weighted by Gasteiger charge is -2.05. The summed E-state index contributed by atoms with van der Waals surface area (Å²) in [6, 6.07) is 8.17. The lowest BCUT2D eigenvalue weighted by Crippen LogP contribution is -2.33. The van der Waals surface area contributed by atoms with Crippen LogP contribution in [-0.4, -0.2) is 28.8 Å².